The Balaban J connectivity index is 2.61. The summed E-state index contributed by atoms with van der Waals surface area (Å²) < 4.78 is 4.72. The van der Waals surface area contributed by atoms with Gasteiger partial charge in [-0.05, 0) is 42.8 Å². The highest BCUT2D eigenvalue weighted by Crippen LogP contribution is 2.04. The van der Waals surface area contributed by atoms with Gasteiger partial charge in [-0.2, -0.15) is 4.99 Å². The second kappa shape index (κ2) is 4.71. The topological polar surface area (TPSA) is 35.1 Å². The highest BCUT2D eigenvalue weighted by Gasteiger charge is 2.00. The molecular formula is C10H12N4S2. The SMILES string of the molecule is CCn1c(=S)n(C)s/c1=N/c1ccccn1. The fourth-order valence-corrected chi connectivity index (χ4v) is 2.59. The summed E-state index contributed by atoms with van der Waals surface area (Å²) in [6, 6.07) is 5.67. The van der Waals surface area contributed by atoms with Crippen molar-refractivity contribution in [3.05, 3.63) is 34.0 Å². The number of hydrogen-bond acceptors (Lipinski definition) is 4. The van der Waals surface area contributed by atoms with Crippen molar-refractivity contribution >= 4 is 29.6 Å². The average Bonchev–Trinajstić information content (AvgIpc) is 2.56. The lowest BCUT2D eigenvalue weighted by atomic mass is 10.5. The maximum Gasteiger partial charge on any atom is 0.209 e. The Hall–Kier alpha value is -1.27. The molecule has 6 heteroatoms. The highest BCUT2D eigenvalue weighted by molar-refractivity contribution is 7.71. The third kappa shape index (κ3) is 2.12. The van der Waals surface area contributed by atoms with Crippen molar-refractivity contribution in [3.8, 4) is 0 Å². The van der Waals surface area contributed by atoms with Crippen LogP contribution in [0.3, 0.4) is 0 Å². The molecule has 2 aromatic heterocycles. The molecule has 0 spiro atoms. The van der Waals surface area contributed by atoms with E-state index in [0.717, 1.165) is 16.1 Å². The van der Waals surface area contributed by atoms with Gasteiger partial charge in [0.15, 0.2) is 10.6 Å². The van der Waals surface area contributed by atoms with E-state index in [1.807, 2.05) is 33.8 Å². The van der Waals surface area contributed by atoms with E-state index in [9.17, 15) is 0 Å². The first-order valence-corrected chi connectivity index (χ1v) is 6.13. The van der Waals surface area contributed by atoms with Crippen LogP contribution in [-0.4, -0.2) is 13.5 Å². The molecule has 0 amide bonds. The molecule has 0 fully saturated rings. The summed E-state index contributed by atoms with van der Waals surface area (Å²) in [7, 11) is 1.94. The number of nitrogens with zero attached hydrogens (tertiary/aromatic N) is 4. The summed E-state index contributed by atoms with van der Waals surface area (Å²) in [5, 5.41) is 0. The quantitative estimate of drug-likeness (QED) is 0.769. The van der Waals surface area contributed by atoms with Gasteiger partial charge in [0.2, 0.25) is 4.80 Å². The molecule has 16 heavy (non-hydrogen) atoms. The van der Waals surface area contributed by atoms with E-state index in [4.69, 9.17) is 12.2 Å². The molecule has 0 saturated carbocycles. The Morgan fingerprint density at radius 1 is 1.50 bits per heavy atom. The largest absolute Gasteiger partial charge is 0.293 e. The van der Waals surface area contributed by atoms with Gasteiger partial charge in [-0.15, -0.1) is 0 Å². The lowest BCUT2D eigenvalue weighted by molar-refractivity contribution is 0.695. The van der Waals surface area contributed by atoms with Crippen molar-refractivity contribution < 1.29 is 0 Å². The molecule has 0 N–H and O–H groups in total. The molecule has 4 nitrogen and oxygen atoms in total. The minimum absolute atomic E-state index is 0.710. The summed E-state index contributed by atoms with van der Waals surface area (Å²) >= 11 is 6.81. The van der Waals surface area contributed by atoms with Crippen LogP contribution in [0.2, 0.25) is 0 Å². The highest BCUT2D eigenvalue weighted by atomic mass is 32.1. The van der Waals surface area contributed by atoms with Crippen molar-refractivity contribution in [3.63, 3.8) is 0 Å². The van der Waals surface area contributed by atoms with Crippen LogP contribution in [0.25, 0.3) is 0 Å². The fraction of sp³-hybridized carbons (Fsp3) is 0.300. The summed E-state index contributed by atoms with van der Waals surface area (Å²) in [4.78, 5) is 9.53. The number of pyridine rings is 1. The molecule has 0 aliphatic rings. The van der Waals surface area contributed by atoms with Crippen LogP contribution < -0.4 is 4.80 Å². The van der Waals surface area contributed by atoms with Crippen molar-refractivity contribution in [1.82, 2.24) is 13.5 Å². The van der Waals surface area contributed by atoms with Crippen LogP contribution in [0.5, 0.6) is 0 Å². The third-order valence-corrected chi connectivity index (χ3v) is 3.66. The van der Waals surface area contributed by atoms with Crippen molar-refractivity contribution in [2.24, 2.45) is 12.0 Å². The maximum absolute atomic E-state index is 5.29. The first-order chi connectivity index (χ1) is 7.72. The normalized spacial score (nSPS) is 12.0. The van der Waals surface area contributed by atoms with Crippen molar-refractivity contribution in [2.45, 2.75) is 13.5 Å². The van der Waals surface area contributed by atoms with Gasteiger partial charge < -0.3 is 0 Å². The molecule has 2 aromatic rings. The second-order valence-corrected chi connectivity index (χ2v) is 4.66. The first kappa shape index (κ1) is 11.2. The maximum atomic E-state index is 5.29. The van der Waals surface area contributed by atoms with E-state index in [1.54, 1.807) is 6.20 Å². The summed E-state index contributed by atoms with van der Waals surface area (Å²) in [6.45, 7) is 2.88. The van der Waals surface area contributed by atoms with Gasteiger partial charge >= 0.3 is 0 Å². The van der Waals surface area contributed by atoms with E-state index in [0.29, 0.717) is 5.82 Å². The zero-order valence-electron chi connectivity index (χ0n) is 9.12. The van der Waals surface area contributed by atoms with Crippen LogP contribution in [0.15, 0.2) is 29.4 Å². The van der Waals surface area contributed by atoms with E-state index in [2.05, 4.69) is 16.9 Å². The lowest BCUT2D eigenvalue weighted by Gasteiger charge is -1.94. The van der Waals surface area contributed by atoms with Crippen LogP contribution in [0, 0.1) is 4.77 Å². The van der Waals surface area contributed by atoms with Crippen molar-refractivity contribution in [1.29, 1.82) is 0 Å². The zero-order chi connectivity index (χ0) is 11.5. The van der Waals surface area contributed by atoms with Gasteiger partial charge in [-0.25, -0.2) is 4.98 Å². The molecule has 0 saturated heterocycles. The molecule has 84 valence electrons. The molecule has 0 bridgehead atoms. The van der Waals surface area contributed by atoms with Gasteiger partial charge in [0, 0.05) is 19.8 Å². The zero-order valence-corrected chi connectivity index (χ0v) is 10.8. The summed E-state index contributed by atoms with van der Waals surface area (Å²) in [5.41, 5.74) is 0. The monoisotopic (exact) mass is 252 g/mol. The van der Waals surface area contributed by atoms with E-state index >= 15 is 0 Å². The van der Waals surface area contributed by atoms with Crippen LogP contribution in [0.1, 0.15) is 6.92 Å². The average molecular weight is 252 g/mol. The van der Waals surface area contributed by atoms with E-state index < -0.39 is 0 Å². The number of rotatable bonds is 2. The van der Waals surface area contributed by atoms with Crippen LogP contribution in [0.4, 0.5) is 5.82 Å². The third-order valence-electron chi connectivity index (χ3n) is 2.13. The molecule has 0 aliphatic carbocycles. The molecule has 0 aliphatic heterocycles. The number of hydrogen-bond donors (Lipinski definition) is 0. The molecule has 2 heterocycles. The molecule has 0 atom stereocenters. The van der Waals surface area contributed by atoms with Gasteiger partial charge in [-0.3, -0.25) is 8.52 Å². The Morgan fingerprint density at radius 2 is 2.31 bits per heavy atom. The molecular weight excluding hydrogens is 240 g/mol. The minimum Gasteiger partial charge on any atom is -0.293 e. The van der Waals surface area contributed by atoms with Gasteiger partial charge in [0.05, 0.1) is 0 Å². The molecule has 0 radical (unpaired) electrons. The van der Waals surface area contributed by atoms with E-state index in [-0.39, 0.29) is 0 Å². The number of aryl methyl sites for hydroxylation is 1. The predicted octanol–water partition coefficient (Wildman–Crippen LogP) is 2.26. The fourth-order valence-electron chi connectivity index (χ4n) is 1.33. The predicted molar refractivity (Wildman–Crippen MR) is 67.2 cm³/mol. The molecule has 2 rings (SSSR count). The van der Waals surface area contributed by atoms with Gasteiger partial charge in [0.25, 0.3) is 0 Å². The van der Waals surface area contributed by atoms with Crippen LogP contribution >= 0.6 is 23.8 Å². The molecule has 0 aromatic carbocycles. The summed E-state index contributed by atoms with van der Waals surface area (Å²) in [6.07, 6.45) is 1.73. The van der Waals surface area contributed by atoms with Gasteiger partial charge in [-0.1, -0.05) is 6.07 Å². The minimum atomic E-state index is 0.710. The Morgan fingerprint density at radius 3 is 2.94 bits per heavy atom. The lowest BCUT2D eigenvalue weighted by Crippen LogP contribution is -2.13. The number of aromatic nitrogens is 3. The van der Waals surface area contributed by atoms with Crippen LogP contribution in [-0.2, 0) is 13.6 Å². The second-order valence-electron chi connectivity index (χ2n) is 3.20. The first-order valence-electron chi connectivity index (χ1n) is 4.95. The Labute approximate surface area is 103 Å². The van der Waals surface area contributed by atoms with Gasteiger partial charge in [0.1, 0.15) is 0 Å². The van der Waals surface area contributed by atoms with Crippen molar-refractivity contribution in [2.75, 3.05) is 0 Å². The summed E-state index contributed by atoms with van der Waals surface area (Å²) in [5.74, 6) is 0.710. The van der Waals surface area contributed by atoms with E-state index in [1.165, 1.54) is 11.5 Å². The molecule has 0 unspecified atom stereocenters. The Kier molecular flexibility index (Phi) is 3.31. The smallest absolute Gasteiger partial charge is 0.209 e. The standard InChI is InChI=1S/C10H12N4S2/c1-3-14-9(16-13(2)10(14)15)12-8-6-4-5-7-11-8/h4-7H,3H2,1-2H3/b12-9+. The Bertz CT molecular complexity index is 591.